The van der Waals surface area contributed by atoms with E-state index in [-0.39, 0.29) is 0 Å². The topological polar surface area (TPSA) is 0 Å². The van der Waals surface area contributed by atoms with Crippen LogP contribution in [0.15, 0.2) is 0 Å². The number of rotatable bonds is 13. The van der Waals surface area contributed by atoms with Crippen LogP contribution in [0.3, 0.4) is 0 Å². The molecule has 0 N–H and O–H groups in total. The van der Waals surface area contributed by atoms with E-state index in [1.807, 2.05) is 0 Å². The van der Waals surface area contributed by atoms with Crippen molar-refractivity contribution >= 4 is 10.9 Å². The van der Waals surface area contributed by atoms with Crippen molar-refractivity contribution in [1.82, 2.24) is 0 Å². The molecule has 2 aliphatic rings. The lowest BCUT2D eigenvalue weighted by Crippen LogP contribution is -2.37. The van der Waals surface area contributed by atoms with Crippen LogP contribution < -0.4 is 0 Å². The molecule has 0 aromatic rings. The van der Waals surface area contributed by atoms with Crippen LogP contribution in [-0.4, -0.2) is 16.3 Å². The van der Waals surface area contributed by atoms with Crippen LogP contribution in [0.4, 0.5) is 0 Å². The van der Waals surface area contributed by atoms with Gasteiger partial charge in [-0.2, -0.15) is 0 Å². The second-order valence-corrected chi connectivity index (χ2v) is 11.6. The molecule has 0 unspecified atom stereocenters. The largest absolute Gasteiger partial charge is 0.118 e. The Morgan fingerprint density at radius 2 is 0.920 bits per heavy atom. The molecule has 0 saturated heterocycles. The fourth-order valence-corrected chi connectivity index (χ4v) is 8.72. The molecule has 148 valence electrons. The molecule has 2 aliphatic carbocycles. The molecule has 0 heterocycles. The second kappa shape index (κ2) is 14.4. The third-order valence-electron chi connectivity index (χ3n) is 6.69. The minimum Gasteiger partial charge on any atom is -0.0654 e. The Morgan fingerprint density at radius 1 is 0.520 bits per heavy atom. The van der Waals surface area contributed by atoms with Crippen LogP contribution in [0.5, 0.6) is 0 Å². The van der Waals surface area contributed by atoms with E-state index in [0.29, 0.717) is 0 Å². The van der Waals surface area contributed by atoms with Gasteiger partial charge in [0.1, 0.15) is 16.3 Å². The Hall–Kier alpha value is 0.350. The lowest BCUT2D eigenvalue weighted by molar-refractivity contribution is 0.487. The number of hydrogen-bond donors (Lipinski definition) is 0. The second-order valence-electron chi connectivity index (χ2n) is 8.88. The molecule has 0 atom stereocenters. The highest BCUT2D eigenvalue weighted by Gasteiger charge is 2.38. The van der Waals surface area contributed by atoms with E-state index in [2.05, 4.69) is 6.92 Å². The molecule has 0 nitrogen and oxygen atoms in total. The van der Waals surface area contributed by atoms with Crippen molar-refractivity contribution in [3.05, 3.63) is 0 Å². The van der Waals surface area contributed by atoms with Crippen LogP contribution in [0.25, 0.3) is 0 Å². The molecule has 0 amide bonds. The molecule has 0 aromatic carbocycles. The molecule has 0 aliphatic heterocycles. The Morgan fingerprint density at radius 3 is 1.36 bits per heavy atom. The highest BCUT2D eigenvalue weighted by atomic mass is 32.2. The first kappa shape index (κ1) is 21.6. The standard InChI is InChI=1S/C24H47S/c1-2-3-4-5-6-7-8-9-10-17-22-25(23-18-13-11-14-19-23)24-20-15-12-16-21-24/h23-24H,2-22H2,1H3/q+1. The lowest BCUT2D eigenvalue weighted by atomic mass is 10.00. The summed E-state index contributed by atoms with van der Waals surface area (Å²) in [5, 5.41) is 2.27. The Labute approximate surface area is 162 Å². The molecule has 25 heavy (non-hydrogen) atoms. The molecular weight excluding hydrogens is 320 g/mol. The van der Waals surface area contributed by atoms with Crippen molar-refractivity contribution in [3.8, 4) is 0 Å². The van der Waals surface area contributed by atoms with Gasteiger partial charge in [0.2, 0.25) is 0 Å². The lowest BCUT2D eigenvalue weighted by Gasteiger charge is -2.30. The first-order valence-corrected chi connectivity index (χ1v) is 13.6. The predicted molar refractivity (Wildman–Crippen MR) is 118 cm³/mol. The van der Waals surface area contributed by atoms with Gasteiger partial charge in [0, 0.05) is 0 Å². The van der Waals surface area contributed by atoms with Gasteiger partial charge in [0.15, 0.2) is 0 Å². The van der Waals surface area contributed by atoms with Crippen LogP contribution in [0.2, 0.25) is 0 Å². The zero-order chi connectivity index (χ0) is 17.6. The van der Waals surface area contributed by atoms with Gasteiger partial charge in [-0.25, -0.2) is 0 Å². The van der Waals surface area contributed by atoms with Crippen molar-refractivity contribution < 1.29 is 0 Å². The van der Waals surface area contributed by atoms with Gasteiger partial charge in [-0.05, 0) is 75.1 Å². The van der Waals surface area contributed by atoms with Crippen molar-refractivity contribution in [2.45, 2.75) is 146 Å². The van der Waals surface area contributed by atoms with E-state index in [1.165, 1.54) is 70.6 Å². The van der Waals surface area contributed by atoms with E-state index in [9.17, 15) is 0 Å². The summed E-state index contributed by atoms with van der Waals surface area (Å²) in [6.07, 6.45) is 30.4. The van der Waals surface area contributed by atoms with E-state index in [1.54, 1.807) is 63.5 Å². The van der Waals surface area contributed by atoms with Gasteiger partial charge < -0.3 is 0 Å². The molecule has 0 spiro atoms. The maximum Gasteiger partial charge on any atom is 0.118 e. The summed E-state index contributed by atoms with van der Waals surface area (Å²) < 4.78 is 0. The summed E-state index contributed by atoms with van der Waals surface area (Å²) in [6.45, 7) is 2.31. The summed E-state index contributed by atoms with van der Waals surface area (Å²) in [7, 11) is 0.790. The van der Waals surface area contributed by atoms with Crippen molar-refractivity contribution in [2.75, 3.05) is 5.75 Å². The first-order valence-electron chi connectivity index (χ1n) is 12.1. The van der Waals surface area contributed by atoms with Gasteiger partial charge in [0.25, 0.3) is 0 Å². The minimum atomic E-state index is 0.790. The summed E-state index contributed by atoms with van der Waals surface area (Å²) in [6, 6.07) is 0. The summed E-state index contributed by atoms with van der Waals surface area (Å²) in [5.41, 5.74) is 0. The maximum absolute atomic E-state index is 2.31. The third kappa shape index (κ3) is 9.21. The van der Waals surface area contributed by atoms with Crippen LogP contribution in [0, 0.1) is 0 Å². The van der Waals surface area contributed by atoms with Gasteiger partial charge in [0.05, 0.1) is 0 Å². The van der Waals surface area contributed by atoms with Gasteiger partial charge in [-0.1, -0.05) is 71.1 Å². The van der Waals surface area contributed by atoms with Crippen LogP contribution in [-0.2, 0) is 10.9 Å². The van der Waals surface area contributed by atoms with E-state index in [0.717, 1.165) is 21.4 Å². The molecule has 2 fully saturated rings. The minimum absolute atomic E-state index is 0.790. The predicted octanol–water partition coefficient (Wildman–Crippen LogP) is 8.19. The van der Waals surface area contributed by atoms with Crippen LogP contribution in [0.1, 0.15) is 135 Å². The Bertz CT molecular complexity index is 270. The van der Waals surface area contributed by atoms with Crippen molar-refractivity contribution in [2.24, 2.45) is 0 Å². The normalized spacial score (nSPS) is 20.4. The zero-order valence-electron chi connectivity index (χ0n) is 17.4. The van der Waals surface area contributed by atoms with E-state index >= 15 is 0 Å². The molecule has 2 saturated carbocycles. The monoisotopic (exact) mass is 367 g/mol. The molecule has 0 radical (unpaired) electrons. The molecule has 2 rings (SSSR count). The Kier molecular flexibility index (Phi) is 12.5. The Balaban J connectivity index is 1.57. The summed E-state index contributed by atoms with van der Waals surface area (Å²) in [5.74, 6) is 1.60. The van der Waals surface area contributed by atoms with Gasteiger partial charge in [-0.3, -0.25) is 0 Å². The summed E-state index contributed by atoms with van der Waals surface area (Å²) >= 11 is 0. The fraction of sp³-hybridized carbons (Fsp3) is 1.00. The third-order valence-corrected chi connectivity index (χ3v) is 10.1. The average Bonchev–Trinajstić information content (AvgIpc) is 2.67. The molecule has 0 aromatic heterocycles. The highest BCUT2D eigenvalue weighted by molar-refractivity contribution is 7.98. The molecule has 1 heteroatoms. The van der Waals surface area contributed by atoms with E-state index < -0.39 is 0 Å². The molecular formula is C24H47S+. The average molecular weight is 368 g/mol. The van der Waals surface area contributed by atoms with Crippen molar-refractivity contribution in [3.63, 3.8) is 0 Å². The van der Waals surface area contributed by atoms with Crippen LogP contribution >= 0.6 is 0 Å². The smallest absolute Gasteiger partial charge is 0.0654 e. The SMILES string of the molecule is CCCCCCCCCCCC[S+](C1CCCCC1)C1CCCCC1. The van der Waals surface area contributed by atoms with Crippen molar-refractivity contribution in [1.29, 1.82) is 0 Å². The fourth-order valence-electron chi connectivity index (χ4n) is 5.10. The number of hydrogen-bond acceptors (Lipinski definition) is 0. The summed E-state index contributed by atoms with van der Waals surface area (Å²) in [4.78, 5) is 0. The molecule has 0 bridgehead atoms. The number of unbranched alkanes of at least 4 members (excludes halogenated alkanes) is 9. The highest BCUT2D eigenvalue weighted by Crippen LogP contribution is 2.34. The van der Waals surface area contributed by atoms with Gasteiger partial charge in [-0.15, -0.1) is 0 Å². The van der Waals surface area contributed by atoms with Gasteiger partial charge >= 0.3 is 0 Å². The zero-order valence-corrected chi connectivity index (χ0v) is 18.2. The maximum atomic E-state index is 2.31. The quantitative estimate of drug-likeness (QED) is 0.227. The van der Waals surface area contributed by atoms with E-state index in [4.69, 9.17) is 0 Å². The first-order chi connectivity index (χ1) is 12.4.